The van der Waals surface area contributed by atoms with E-state index in [9.17, 15) is 9.18 Å². The van der Waals surface area contributed by atoms with Gasteiger partial charge in [0.25, 0.3) is 5.91 Å². The predicted octanol–water partition coefficient (Wildman–Crippen LogP) is 3.94. The number of rotatable bonds is 6. The van der Waals surface area contributed by atoms with E-state index in [0.29, 0.717) is 23.8 Å². The first-order valence-corrected chi connectivity index (χ1v) is 9.53. The van der Waals surface area contributed by atoms with Gasteiger partial charge in [0.1, 0.15) is 11.6 Å². The number of carbonyl (C=O) groups excluding carboxylic acids is 1. The molecule has 0 saturated carbocycles. The van der Waals surface area contributed by atoms with Crippen molar-refractivity contribution in [3.8, 4) is 11.4 Å². The number of nitrogens with one attached hydrogen (secondary N) is 2. The minimum Gasteiger partial charge on any atom is -0.376 e. The van der Waals surface area contributed by atoms with Crippen LogP contribution in [0.15, 0.2) is 60.8 Å². The zero-order chi connectivity index (χ0) is 20.1. The van der Waals surface area contributed by atoms with Crippen LogP contribution in [-0.4, -0.2) is 35.1 Å². The molecular weight excluding hydrogens is 371 g/mol. The van der Waals surface area contributed by atoms with E-state index >= 15 is 0 Å². The number of amides is 1. The molecular formula is C22H21FN4O2. The fourth-order valence-corrected chi connectivity index (χ4v) is 3.13. The van der Waals surface area contributed by atoms with Crippen molar-refractivity contribution in [2.24, 2.45) is 0 Å². The molecule has 148 valence electrons. The summed E-state index contributed by atoms with van der Waals surface area (Å²) in [5.41, 5.74) is 2.11. The molecule has 6 nitrogen and oxygen atoms in total. The molecule has 1 amide bonds. The third-order valence-corrected chi connectivity index (χ3v) is 4.69. The highest BCUT2D eigenvalue weighted by Crippen LogP contribution is 2.20. The highest BCUT2D eigenvalue weighted by atomic mass is 19.1. The van der Waals surface area contributed by atoms with Crippen LogP contribution in [0.3, 0.4) is 0 Å². The zero-order valence-electron chi connectivity index (χ0n) is 15.8. The van der Waals surface area contributed by atoms with E-state index < -0.39 is 0 Å². The van der Waals surface area contributed by atoms with Crippen molar-refractivity contribution in [1.82, 2.24) is 15.3 Å². The Bertz CT molecular complexity index is 971. The van der Waals surface area contributed by atoms with Gasteiger partial charge in [0.2, 0.25) is 0 Å². The highest BCUT2D eigenvalue weighted by molar-refractivity contribution is 5.94. The molecule has 0 radical (unpaired) electrons. The molecule has 0 aliphatic carbocycles. The van der Waals surface area contributed by atoms with Gasteiger partial charge in [-0.3, -0.25) is 4.79 Å². The molecule has 1 aliphatic heterocycles. The summed E-state index contributed by atoms with van der Waals surface area (Å²) in [4.78, 5) is 21.0. The molecule has 2 N–H and O–H groups in total. The SMILES string of the molecule is O=C(NC[C@@H]1CCCO1)c1ccc(Nc2ccnc(-c3ccc(F)cc3)n2)cc1. The Morgan fingerprint density at radius 3 is 2.62 bits per heavy atom. The average molecular weight is 392 g/mol. The van der Waals surface area contributed by atoms with Crippen LogP contribution in [0.1, 0.15) is 23.2 Å². The predicted molar refractivity (Wildman–Crippen MR) is 108 cm³/mol. The zero-order valence-corrected chi connectivity index (χ0v) is 15.8. The number of nitrogens with zero attached hydrogens (tertiary/aromatic N) is 2. The third-order valence-electron chi connectivity index (χ3n) is 4.69. The largest absolute Gasteiger partial charge is 0.376 e. The highest BCUT2D eigenvalue weighted by Gasteiger charge is 2.16. The van der Waals surface area contributed by atoms with Crippen LogP contribution < -0.4 is 10.6 Å². The maximum absolute atomic E-state index is 13.1. The Morgan fingerprint density at radius 1 is 1.10 bits per heavy atom. The van der Waals surface area contributed by atoms with Crippen LogP contribution in [0.4, 0.5) is 15.9 Å². The van der Waals surface area contributed by atoms with Gasteiger partial charge in [0, 0.05) is 36.2 Å². The number of benzene rings is 2. The summed E-state index contributed by atoms with van der Waals surface area (Å²) in [6, 6.07) is 14.9. The Balaban J connectivity index is 1.39. The quantitative estimate of drug-likeness (QED) is 0.665. The minimum atomic E-state index is -0.303. The van der Waals surface area contributed by atoms with Gasteiger partial charge in [-0.15, -0.1) is 0 Å². The van der Waals surface area contributed by atoms with E-state index in [1.54, 1.807) is 36.5 Å². The Labute approximate surface area is 168 Å². The van der Waals surface area contributed by atoms with Crippen molar-refractivity contribution in [2.45, 2.75) is 18.9 Å². The van der Waals surface area contributed by atoms with Crippen molar-refractivity contribution < 1.29 is 13.9 Å². The summed E-state index contributed by atoms with van der Waals surface area (Å²) in [5, 5.41) is 6.10. The molecule has 3 aromatic rings. The van der Waals surface area contributed by atoms with Crippen molar-refractivity contribution in [3.05, 3.63) is 72.2 Å². The summed E-state index contributed by atoms with van der Waals surface area (Å²) in [5.74, 6) is 0.686. The maximum Gasteiger partial charge on any atom is 0.251 e. The summed E-state index contributed by atoms with van der Waals surface area (Å²) >= 11 is 0. The first-order valence-electron chi connectivity index (χ1n) is 9.53. The number of anilines is 2. The Kier molecular flexibility index (Phi) is 5.76. The van der Waals surface area contributed by atoms with E-state index in [1.807, 2.05) is 12.1 Å². The molecule has 0 spiro atoms. The second kappa shape index (κ2) is 8.79. The molecule has 2 aromatic carbocycles. The lowest BCUT2D eigenvalue weighted by atomic mass is 10.2. The number of carbonyl (C=O) groups is 1. The van der Waals surface area contributed by atoms with Gasteiger partial charge in [0.15, 0.2) is 5.82 Å². The summed E-state index contributed by atoms with van der Waals surface area (Å²) in [7, 11) is 0. The van der Waals surface area contributed by atoms with E-state index in [1.165, 1.54) is 12.1 Å². The third kappa shape index (κ3) is 4.94. The second-order valence-electron chi connectivity index (χ2n) is 6.82. The summed E-state index contributed by atoms with van der Waals surface area (Å²) in [6.07, 6.45) is 3.79. The molecule has 1 atom stereocenters. The fourth-order valence-electron chi connectivity index (χ4n) is 3.13. The molecule has 1 aromatic heterocycles. The number of hydrogen-bond donors (Lipinski definition) is 2. The van der Waals surface area contributed by atoms with E-state index in [0.717, 1.165) is 30.7 Å². The van der Waals surface area contributed by atoms with Gasteiger partial charge in [-0.25, -0.2) is 14.4 Å². The molecule has 4 rings (SSSR count). The average Bonchev–Trinajstić information content (AvgIpc) is 3.27. The number of halogens is 1. The van der Waals surface area contributed by atoms with E-state index in [2.05, 4.69) is 20.6 Å². The lowest BCUT2D eigenvalue weighted by Crippen LogP contribution is -2.31. The first-order chi connectivity index (χ1) is 14.2. The lowest BCUT2D eigenvalue weighted by Gasteiger charge is -2.11. The molecule has 29 heavy (non-hydrogen) atoms. The molecule has 1 aliphatic rings. The standard InChI is InChI=1S/C22H21FN4O2/c23-17-7-3-15(4-8-17)21-24-12-11-20(27-21)26-18-9-5-16(6-10-18)22(28)25-14-19-2-1-13-29-19/h3-12,19H,1-2,13-14H2,(H,25,28)(H,24,26,27)/t19-/m0/s1. The number of ether oxygens (including phenoxy) is 1. The summed E-state index contributed by atoms with van der Waals surface area (Å²) in [6.45, 7) is 1.30. The molecule has 7 heteroatoms. The van der Waals surface area contributed by atoms with Crippen molar-refractivity contribution >= 4 is 17.4 Å². The minimum absolute atomic E-state index is 0.118. The molecule has 1 saturated heterocycles. The molecule has 1 fully saturated rings. The van der Waals surface area contributed by atoms with E-state index in [4.69, 9.17) is 4.74 Å². The maximum atomic E-state index is 13.1. The van der Waals surface area contributed by atoms with Gasteiger partial charge in [-0.1, -0.05) is 0 Å². The van der Waals surface area contributed by atoms with Gasteiger partial charge < -0.3 is 15.4 Å². The molecule has 0 unspecified atom stereocenters. The van der Waals surface area contributed by atoms with E-state index in [-0.39, 0.29) is 17.8 Å². The van der Waals surface area contributed by atoms with Crippen molar-refractivity contribution in [3.63, 3.8) is 0 Å². The smallest absolute Gasteiger partial charge is 0.251 e. The van der Waals surface area contributed by atoms with Gasteiger partial charge in [-0.05, 0) is 67.4 Å². The molecule has 0 bridgehead atoms. The van der Waals surface area contributed by atoms with Gasteiger partial charge in [0.05, 0.1) is 6.10 Å². The normalized spacial score (nSPS) is 15.8. The van der Waals surface area contributed by atoms with Crippen LogP contribution in [-0.2, 0) is 4.74 Å². The van der Waals surface area contributed by atoms with Gasteiger partial charge >= 0.3 is 0 Å². The van der Waals surface area contributed by atoms with Crippen LogP contribution >= 0.6 is 0 Å². The summed E-state index contributed by atoms with van der Waals surface area (Å²) < 4.78 is 18.6. The number of aromatic nitrogens is 2. The van der Waals surface area contributed by atoms with Crippen LogP contribution in [0.25, 0.3) is 11.4 Å². The van der Waals surface area contributed by atoms with Crippen LogP contribution in [0.5, 0.6) is 0 Å². The van der Waals surface area contributed by atoms with Crippen molar-refractivity contribution in [2.75, 3.05) is 18.5 Å². The Hall–Kier alpha value is -3.32. The molecule has 2 heterocycles. The van der Waals surface area contributed by atoms with Crippen molar-refractivity contribution in [1.29, 1.82) is 0 Å². The number of hydrogen-bond acceptors (Lipinski definition) is 5. The van der Waals surface area contributed by atoms with Gasteiger partial charge in [-0.2, -0.15) is 0 Å². The van der Waals surface area contributed by atoms with Crippen LogP contribution in [0.2, 0.25) is 0 Å². The fraction of sp³-hybridized carbons (Fsp3) is 0.227. The Morgan fingerprint density at radius 2 is 1.90 bits per heavy atom. The first kappa shape index (κ1) is 19.0. The topological polar surface area (TPSA) is 76.1 Å². The lowest BCUT2D eigenvalue weighted by molar-refractivity contribution is 0.0858. The monoisotopic (exact) mass is 392 g/mol. The van der Waals surface area contributed by atoms with Crippen LogP contribution in [0, 0.1) is 5.82 Å². The second-order valence-corrected chi connectivity index (χ2v) is 6.82.